The van der Waals surface area contributed by atoms with Crippen LogP contribution < -0.4 is 10.7 Å². The third-order valence-electron chi connectivity index (χ3n) is 8.26. The van der Waals surface area contributed by atoms with Gasteiger partial charge in [0.2, 0.25) is 11.8 Å². The number of hydrogen-bond donors (Lipinski definition) is 1. The second-order valence-electron chi connectivity index (χ2n) is 11.5. The standard InChI is InChI=1S/C28H27F2N3O5.C7H7Cl/c29-19-12-21-23(34)14-24(38-27(21)22(30)13-19)28(37)31-15-26(36)32-10-7-17(8-11-32)20-5-2-1-4-18(20)16-33-9-3-6-25(33)35;1-6-2-4-7(8)5-3-6/h1-2,4-5,12-14,17H,3,6-11,15-16H2,(H,31,37);2-5H,1H3. The number of rotatable bonds is 6. The van der Waals surface area contributed by atoms with E-state index in [1.807, 2.05) is 48.2 Å². The lowest BCUT2D eigenvalue weighted by Gasteiger charge is -2.33. The van der Waals surface area contributed by atoms with Crippen LogP contribution in [0.1, 0.15) is 58.8 Å². The van der Waals surface area contributed by atoms with Gasteiger partial charge in [0, 0.05) is 49.8 Å². The second kappa shape index (κ2) is 14.7. The number of carbonyl (C=O) groups excluding carboxylic acids is 3. The number of aryl methyl sites for hydroxylation is 1. The summed E-state index contributed by atoms with van der Waals surface area (Å²) in [5.74, 6) is -3.19. The van der Waals surface area contributed by atoms with E-state index in [0.717, 1.165) is 48.5 Å². The summed E-state index contributed by atoms with van der Waals surface area (Å²) in [5.41, 5.74) is 2.29. The van der Waals surface area contributed by atoms with E-state index in [1.165, 1.54) is 11.1 Å². The van der Waals surface area contributed by atoms with Gasteiger partial charge in [0.05, 0.1) is 11.9 Å². The molecule has 8 nitrogen and oxygen atoms in total. The largest absolute Gasteiger partial charge is 0.448 e. The first-order valence-corrected chi connectivity index (χ1v) is 15.5. The first-order chi connectivity index (χ1) is 22.1. The molecule has 240 valence electrons. The molecule has 11 heteroatoms. The Hall–Kier alpha value is -4.57. The minimum absolute atomic E-state index is 0.185. The van der Waals surface area contributed by atoms with Crippen LogP contribution in [0.5, 0.6) is 0 Å². The Kier molecular flexibility index (Phi) is 10.5. The van der Waals surface area contributed by atoms with Gasteiger partial charge in [-0.3, -0.25) is 19.2 Å². The van der Waals surface area contributed by atoms with Crippen LogP contribution >= 0.6 is 11.6 Å². The first-order valence-electron chi connectivity index (χ1n) is 15.2. The Morgan fingerprint density at radius 3 is 2.37 bits per heavy atom. The van der Waals surface area contributed by atoms with Gasteiger partial charge in [0.15, 0.2) is 22.6 Å². The average molecular weight is 650 g/mol. The molecule has 2 aliphatic heterocycles. The molecule has 0 radical (unpaired) electrons. The molecule has 2 fully saturated rings. The van der Waals surface area contributed by atoms with Crippen molar-refractivity contribution >= 4 is 40.3 Å². The smallest absolute Gasteiger partial charge is 0.287 e. The van der Waals surface area contributed by atoms with Crippen LogP contribution in [-0.2, 0) is 16.1 Å². The van der Waals surface area contributed by atoms with Crippen LogP contribution in [0.2, 0.25) is 5.02 Å². The zero-order chi connectivity index (χ0) is 32.8. The fourth-order valence-electron chi connectivity index (χ4n) is 5.78. The molecule has 4 aromatic rings. The zero-order valence-corrected chi connectivity index (χ0v) is 26.1. The molecule has 1 aromatic heterocycles. The monoisotopic (exact) mass is 649 g/mol. The van der Waals surface area contributed by atoms with Crippen LogP contribution in [0.3, 0.4) is 0 Å². The van der Waals surface area contributed by atoms with Gasteiger partial charge >= 0.3 is 0 Å². The highest BCUT2D eigenvalue weighted by atomic mass is 35.5. The second-order valence-corrected chi connectivity index (χ2v) is 11.9. The van der Waals surface area contributed by atoms with Crippen LogP contribution in [0.4, 0.5) is 8.78 Å². The van der Waals surface area contributed by atoms with E-state index in [-0.39, 0.29) is 29.7 Å². The maximum absolute atomic E-state index is 14.0. The molecule has 6 rings (SSSR count). The molecule has 0 bridgehead atoms. The molecule has 3 heterocycles. The molecule has 0 aliphatic carbocycles. The molecule has 0 atom stereocenters. The summed E-state index contributed by atoms with van der Waals surface area (Å²) in [6.45, 7) is 4.13. The van der Waals surface area contributed by atoms with Crippen molar-refractivity contribution in [1.82, 2.24) is 15.1 Å². The molecule has 1 N–H and O–H groups in total. The van der Waals surface area contributed by atoms with E-state index in [0.29, 0.717) is 32.1 Å². The molecular formula is C35H34ClF2N3O5. The Morgan fingerprint density at radius 1 is 0.978 bits per heavy atom. The maximum atomic E-state index is 14.0. The minimum atomic E-state index is -1.10. The lowest BCUT2D eigenvalue weighted by molar-refractivity contribution is -0.131. The van der Waals surface area contributed by atoms with Crippen molar-refractivity contribution in [3.05, 3.63) is 116 Å². The Morgan fingerprint density at radius 2 is 1.70 bits per heavy atom. The quantitative estimate of drug-likeness (QED) is 0.277. The van der Waals surface area contributed by atoms with E-state index in [4.69, 9.17) is 16.0 Å². The molecule has 2 saturated heterocycles. The number of halogens is 3. The number of nitrogens with one attached hydrogen (secondary N) is 1. The van der Waals surface area contributed by atoms with Crippen molar-refractivity contribution in [3.63, 3.8) is 0 Å². The van der Waals surface area contributed by atoms with E-state index < -0.39 is 34.3 Å². The third kappa shape index (κ3) is 7.98. The van der Waals surface area contributed by atoms with Gasteiger partial charge in [-0.15, -0.1) is 0 Å². The number of nitrogens with zero attached hydrogens (tertiary/aromatic N) is 2. The number of piperidine rings is 1. The van der Waals surface area contributed by atoms with Gasteiger partial charge in [-0.25, -0.2) is 8.78 Å². The molecular weight excluding hydrogens is 616 g/mol. The first kappa shape index (κ1) is 32.8. The fraction of sp³-hybridized carbons (Fsp3) is 0.314. The van der Waals surface area contributed by atoms with E-state index in [2.05, 4.69) is 17.4 Å². The predicted molar refractivity (Wildman–Crippen MR) is 171 cm³/mol. The van der Waals surface area contributed by atoms with Crippen molar-refractivity contribution < 1.29 is 27.6 Å². The van der Waals surface area contributed by atoms with E-state index in [1.54, 1.807) is 4.90 Å². The van der Waals surface area contributed by atoms with Crippen molar-refractivity contribution in [2.45, 2.75) is 45.1 Å². The fourth-order valence-corrected chi connectivity index (χ4v) is 5.90. The number of carbonyl (C=O) groups is 3. The van der Waals surface area contributed by atoms with Gasteiger partial charge in [0.1, 0.15) is 5.82 Å². The molecule has 0 unspecified atom stereocenters. The van der Waals surface area contributed by atoms with Crippen LogP contribution in [0.25, 0.3) is 11.0 Å². The van der Waals surface area contributed by atoms with Crippen molar-refractivity contribution in [1.29, 1.82) is 0 Å². The highest BCUT2D eigenvalue weighted by Crippen LogP contribution is 2.31. The van der Waals surface area contributed by atoms with Crippen LogP contribution in [0.15, 0.2) is 75.9 Å². The highest BCUT2D eigenvalue weighted by molar-refractivity contribution is 6.30. The van der Waals surface area contributed by atoms with Gasteiger partial charge < -0.3 is 19.5 Å². The summed E-state index contributed by atoms with van der Waals surface area (Å²) in [6.07, 6.45) is 2.99. The molecule has 0 spiro atoms. The van der Waals surface area contributed by atoms with Crippen LogP contribution in [-0.4, -0.2) is 53.7 Å². The van der Waals surface area contributed by atoms with Crippen molar-refractivity contribution in [2.24, 2.45) is 0 Å². The number of fused-ring (bicyclic) bond motifs is 1. The molecule has 3 aromatic carbocycles. The zero-order valence-electron chi connectivity index (χ0n) is 25.4. The van der Waals surface area contributed by atoms with Crippen molar-refractivity contribution in [2.75, 3.05) is 26.2 Å². The molecule has 46 heavy (non-hydrogen) atoms. The number of amides is 3. The minimum Gasteiger partial charge on any atom is -0.448 e. The van der Waals surface area contributed by atoms with Gasteiger partial charge in [0.25, 0.3) is 5.91 Å². The summed E-state index contributed by atoms with van der Waals surface area (Å²) in [6, 6.07) is 18.1. The molecule has 0 saturated carbocycles. The average Bonchev–Trinajstić information content (AvgIpc) is 3.46. The lowest BCUT2D eigenvalue weighted by Crippen LogP contribution is -2.44. The number of likely N-dealkylation sites (tertiary alicyclic amines) is 2. The summed E-state index contributed by atoms with van der Waals surface area (Å²) < 4.78 is 32.6. The number of hydrogen-bond acceptors (Lipinski definition) is 5. The normalized spacial score (nSPS) is 15.1. The molecule has 3 amide bonds. The molecule has 2 aliphatic rings. The predicted octanol–water partition coefficient (Wildman–Crippen LogP) is 5.98. The summed E-state index contributed by atoms with van der Waals surface area (Å²) in [7, 11) is 0. The SMILES string of the molecule is Cc1ccc(Cl)cc1.O=C(NCC(=O)N1CCC(c2ccccc2CN2CCCC2=O)CC1)c1cc(=O)c2cc(F)cc(F)c2o1. The lowest BCUT2D eigenvalue weighted by atomic mass is 9.86. The van der Waals surface area contributed by atoms with Gasteiger partial charge in [-0.2, -0.15) is 0 Å². The Balaban J connectivity index is 0.000000455. The Bertz CT molecular complexity index is 1780. The summed E-state index contributed by atoms with van der Waals surface area (Å²) >= 11 is 5.61. The maximum Gasteiger partial charge on any atom is 0.287 e. The van der Waals surface area contributed by atoms with Crippen LogP contribution in [0, 0.1) is 18.6 Å². The summed E-state index contributed by atoms with van der Waals surface area (Å²) in [4.78, 5) is 53.1. The van der Waals surface area contributed by atoms with E-state index in [9.17, 15) is 28.0 Å². The third-order valence-corrected chi connectivity index (χ3v) is 8.51. The summed E-state index contributed by atoms with van der Waals surface area (Å²) in [5, 5.41) is 2.91. The van der Waals surface area contributed by atoms with Crippen molar-refractivity contribution in [3.8, 4) is 0 Å². The topological polar surface area (TPSA) is 99.9 Å². The van der Waals surface area contributed by atoms with Gasteiger partial charge in [-0.1, -0.05) is 53.6 Å². The highest BCUT2D eigenvalue weighted by Gasteiger charge is 2.27. The Labute approximate surface area is 269 Å². The van der Waals surface area contributed by atoms with E-state index >= 15 is 0 Å². The number of benzene rings is 3. The van der Waals surface area contributed by atoms with Gasteiger partial charge in [-0.05, 0) is 61.4 Å².